The summed E-state index contributed by atoms with van der Waals surface area (Å²) >= 11 is 0. The quantitative estimate of drug-likeness (QED) is 0.800. The van der Waals surface area contributed by atoms with Crippen molar-refractivity contribution in [3.8, 4) is 0 Å². The predicted molar refractivity (Wildman–Crippen MR) is 80.2 cm³/mol. The Balaban J connectivity index is 2.48. The third kappa shape index (κ3) is 4.78. The maximum atomic E-state index is 12.2. The van der Waals surface area contributed by atoms with Gasteiger partial charge in [0.1, 0.15) is 0 Å². The highest BCUT2D eigenvalue weighted by Crippen LogP contribution is 2.29. The molecule has 116 valence electrons. The number of rotatable bonds is 6. The van der Waals surface area contributed by atoms with E-state index in [1.165, 1.54) is 11.3 Å². The van der Waals surface area contributed by atoms with Crippen LogP contribution in [0.25, 0.3) is 0 Å². The first-order valence-electron chi connectivity index (χ1n) is 7.72. The smallest absolute Gasteiger partial charge is 0.242 e. The number of amides is 2. The molecule has 0 aliphatic heterocycles. The van der Waals surface area contributed by atoms with Crippen LogP contribution in [0.15, 0.2) is 0 Å². The molecule has 2 amide bonds. The fourth-order valence-electron chi connectivity index (χ4n) is 2.84. The van der Waals surface area contributed by atoms with Gasteiger partial charge < -0.3 is 15.5 Å². The molecule has 0 bridgehead atoms. The van der Waals surface area contributed by atoms with Gasteiger partial charge >= 0.3 is 0 Å². The van der Waals surface area contributed by atoms with E-state index in [9.17, 15) is 9.59 Å². The normalized spacial score (nSPS) is 17.6. The lowest BCUT2D eigenvalue weighted by atomic mass is 9.80. The van der Waals surface area contributed by atoms with Gasteiger partial charge in [0.25, 0.3) is 0 Å². The van der Waals surface area contributed by atoms with Crippen molar-refractivity contribution in [1.82, 2.24) is 9.80 Å². The monoisotopic (exact) mass is 283 g/mol. The fraction of sp³-hybridized carbons (Fsp3) is 0.867. The summed E-state index contributed by atoms with van der Waals surface area (Å²) in [5, 5.41) is 0. The lowest BCUT2D eigenvalue weighted by Gasteiger charge is -2.34. The molecule has 0 atom stereocenters. The van der Waals surface area contributed by atoms with Crippen LogP contribution in [0.1, 0.15) is 52.4 Å². The molecular formula is C15H29N3O2. The lowest BCUT2D eigenvalue weighted by molar-refractivity contribution is -0.140. The van der Waals surface area contributed by atoms with Gasteiger partial charge in [-0.2, -0.15) is 0 Å². The summed E-state index contributed by atoms with van der Waals surface area (Å²) in [5.41, 5.74) is 5.94. The van der Waals surface area contributed by atoms with E-state index in [4.69, 9.17) is 5.73 Å². The maximum Gasteiger partial charge on any atom is 0.242 e. The zero-order valence-corrected chi connectivity index (χ0v) is 13.2. The summed E-state index contributed by atoms with van der Waals surface area (Å²) in [6, 6.07) is 0. The van der Waals surface area contributed by atoms with Crippen LogP contribution in [0.4, 0.5) is 0 Å². The van der Waals surface area contributed by atoms with Gasteiger partial charge in [-0.1, -0.05) is 19.3 Å². The molecule has 0 aromatic carbocycles. The molecule has 1 aliphatic rings. The summed E-state index contributed by atoms with van der Waals surface area (Å²) in [6.07, 6.45) is 5.60. The molecule has 0 spiro atoms. The predicted octanol–water partition coefficient (Wildman–Crippen LogP) is 1.36. The third-order valence-electron chi connectivity index (χ3n) is 4.27. The van der Waals surface area contributed by atoms with Gasteiger partial charge in [-0.05, 0) is 26.7 Å². The van der Waals surface area contributed by atoms with Crippen molar-refractivity contribution in [3.05, 3.63) is 0 Å². The van der Waals surface area contributed by atoms with Crippen molar-refractivity contribution in [2.24, 2.45) is 5.73 Å². The number of carbonyl (C=O) groups is 2. The van der Waals surface area contributed by atoms with Gasteiger partial charge in [0, 0.05) is 32.1 Å². The van der Waals surface area contributed by atoms with E-state index < -0.39 is 0 Å². The lowest BCUT2D eigenvalue weighted by Crippen LogP contribution is -2.48. The molecule has 5 heteroatoms. The van der Waals surface area contributed by atoms with Crippen LogP contribution in [0.2, 0.25) is 0 Å². The summed E-state index contributed by atoms with van der Waals surface area (Å²) < 4.78 is 0. The highest BCUT2D eigenvalue weighted by atomic mass is 16.2. The minimum absolute atomic E-state index is 0.000524. The van der Waals surface area contributed by atoms with Crippen LogP contribution in [0.3, 0.4) is 0 Å². The van der Waals surface area contributed by atoms with E-state index in [0.717, 1.165) is 25.7 Å². The van der Waals surface area contributed by atoms with Crippen molar-refractivity contribution in [3.63, 3.8) is 0 Å². The van der Waals surface area contributed by atoms with E-state index in [1.54, 1.807) is 11.9 Å². The van der Waals surface area contributed by atoms with Crippen LogP contribution in [0, 0.1) is 0 Å². The Kier molecular flexibility index (Phi) is 6.46. The van der Waals surface area contributed by atoms with Crippen LogP contribution in [-0.4, -0.2) is 53.8 Å². The van der Waals surface area contributed by atoms with E-state index in [0.29, 0.717) is 19.5 Å². The van der Waals surface area contributed by atoms with Gasteiger partial charge in [0.15, 0.2) is 0 Å². The second-order valence-electron chi connectivity index (χ2n) is 5.92. The zero-order chi connectivity index (χ0) is 15.2. The molecule has 2 N–H and O–H groups in total. The van der Waals surface area contributed by atoms with Gasteiger partial charge in [0.05, 0.1) is 6.54 Å². The second-order valence-corrected chi connectivity index (χ2v) is 5.92. The molecule has 20 heavy (non-hydrogen) atoms. The van der Waals surface area contributed by atoms with Gasteiger partial charge in [-0.15, -0.1) is 0 Å². The minimum Gasteiger partial charge on any atom is -0.342 e. The highest BCUT2D eigenvalue weighted by molar-refractivity contribution is 5.85. The molecule has 1 aliphatic carbocycles. The Morgan fingerprint density at radius 1 is 1.05 bits per heavy atom. The van der Waals surface area contributed by atoms with Crippen molar-refractivity contribution in [2.45, 2.75) is 57.9 Å². The first kappa shape index (κ1) is 17.0. The second kappa shape index (κ2) is 7.62. The van der Waals surface area contributed by atoms with Gasteiger partial charge in [-0.3, -0.25) is 9.59 Å². The molecule has 0 aromatic heterocycles. The molecule has 1 fully saturated rings. The SMILES string of the molecule is CCN(CC)C(=O)CN(C)C(=O)CC1(N)CCCCC1. The Labute approximate surface area is 122 Å². The summed E-state index contributed by atoms with van der Waals surface area (Å²) in [5.74, 6) is -0.0181. The number of likely N-dealkylation sites (N-methyl/N-ethyl adjacent to an activating group) is 2. The number of carbonyl (C=O) groups excluding carboxylic acids is 2. The Bertz CT molecular complexity index is 334. The van der Waals surface area contributed by atoms with E-state index in [1.807, 2.05) is 13.8 Å². The van der Waals surface area contributed by atoms with Crippen molar-refractivity contribution in [1.29, 1.82) is 0 Å². The average molecular weight is 283 g/mol. The standard InChI is InChI=1S/C15H29N3O2/c1-4-18(5-2)14(20)12-17(3)13(19)11-15(16)9-7-6-8-10-15/h4-12,16H2,1-3H3. The molecule has 0 unspecified atom stereocenters. The Hall–Kier alpha value is -1.10. The van der Waals surface area contributed by atoms with Crippen molar-refractivity contribution < 1.29 is 9.59 Å². The summed E-state index contributed by atoms with van der Waals surface area (Å²) in [6.45, 7) is 5.40. The molecular weight excluding hydrogens is 254 g/mol. The molecule has 0 aromatic rings. The van der Waals surface area contributed by atoms with Gasteiger partial charge in [-0.25, -0.2) is 0 Å². The van der Waals surface area contributed by atoms with E-state index >= 15 is 0 Å². The molecule has 0 radical (unpaired) electrons. The number of nitrogens with two attached hydrogens (primary N) is 1. The fourth-order valence-corrected chi connectivity index (χ4v) is 2.84. The molecule has 0 saturated heterocycles. The van der Waals surface area contributed by atoms with Crippen molar-refractivity contribution >= 4 is 11.8 Å². The molecule has 5 nitrogen and oxygen atoms in total. The summed E-state index contributed by atoms with van der Waals surface area (Å²) in [7, 11) is 1.69. The third-order valence-corrected chi connectivity index (χ3v) is 4.27. The zero-order valence-electron chi connectivity index (χ0n) is 13.2. The first-order chi connectivity index (χ1) is 9.41. The maximum absolute atomic E-state index is 12.2. The molecule has 0 heterocycles. The van der Waals surface area contributed by atoms with E-state index in [-0.39, 0.29) is 23.9 Å². The van der Waals surface area contributed by atoms with Crippen LogP contribution < -0.4 is 5.73 Å². The average Bonchev–Trinajstić information content (AvgIpc) is 2.40. The first-order valence-corrected chi connectivity index (χ1v) is 7.72. The molecule has 1 saturated carbocycles. The van der Waals surface area contributed by atoms with Crippen LogP contribution in [-0.2, 0) is 9.59 Å². The topological polar surface area (TPSA) is 66.6 Å². The van der Waals surface area contributed by atoms with E-state index in [2.05, 4.69) is 0 Å². The number of hydrogen-bond acceptors (Lipinski definition) is 3. The number of nitrogens with zero attached hydrogens (tertiary/aromatic N) is 2. The summed E-state index contributed by atoms with van der Waals surface area (Å²) in [4.78, 5) is 27.5. The van der Waals surface area contributed by atoms with Crippen LogP contribution in [0.5, 0.6) is 0 Å². The highest BCUT2D eigenvalue weighted by Gasteiger charge is 2.31. The Morgan fingerprint density at radius 2 is 1.60 bits per heavy atom. The van der Waals surface area contributed by atoms with Crippen molar-refractivity contribution in [2.75, 3.05) is 26.7 Å². The number of hydrogen-bond donors (Lipinski definition) is 1. The Morgan fingerprint density at radius 3 is 2.10 bits per heavy atom. The minimum atomic E-state index is -0.359. The molecule has 1 rings (SSSR count). The van der Waals surface area contributed by atoms with Gasteiger partial charge in [0.2, 0.25) is 11.8 Å². The largest absolute Gasteiger partial charge is 0.342 e. The van der Waals surface area contributed by atoms with Crippen LogP contribution >= 0.6 is 0 Å².